The molecule has 0 radical (unpaired) electrons. The first-order valence-corrected chi connectivity index (χ1v) is 6.23. The summed E-state index contributed by atoms with van der Waals surface area (Å²) < 4.78 is 0. The average Bonchev–Trinajstić information content (AvgIpc) is 2.80. The molecule has 0 bridgehead atoms. The van der Waals surface area contributed by atoms with Gasteiger partial charge in [-0.05, 0) is 24.0 Å². The van der Waals surface area contributed by atoms with Gasteiger partial charge in [0.2, 0.25) is 0 Å². The number of hydrogen-bond donors (Lipinski definition) is 0. The molecule has 0 saturated heterocycles. The van der Waals surface area contributed by atoms with Crippen LogP contribution < -0.4 is 0 Å². The maximum Gasteiger partial charge on any atom is 0.0207 e. The molecule has 0 aromatic heterocycles. The minimum atomic E-state index is 0.533. The van der Waals surface area contributed by atoms with E-state index in [-0.39, 0.29) is 0 Å². The average molecular weight is 220 g/mol. The number of aryl methyl sites for hydroxylation is 1. The van der Waals surface area contributed by atoms with Gasteiger partial charge in [-0.3, -0.25) is 0 Å². The van der Waals surface area contributed by atoms with Gasteiger partial charge >= 0.3 is 0 Å². The number of allylic oxidation sites excluding steroid dienone is 8. The lowest BCUT2D eigenvalue weighted by molar-refractivity contribution is 0.955. The highest BCUT2D eigenvalue weighted by molar-refractivity contribution is 5.47. The highest BCUT2D eigenvalue weighted by Gasteiger charge is 2.15. The molecule has 17 heavy (non-hydrogen) atoms. The molecule has 0 amide bonds. The van der Waals surface area contributed by atoms with E-state index in [9.17, 15) is 0 Å². The number of rotatable bonds is 3. The Bertz CT molecular complexity index is 512. The van der Waals surface area contributed by atoms with Crippen LogP contribution in [-0.2, 0) is 6.42 Å². The molecule has 1 aromatic carbocycles. The molecule has 0 heteroatoms. The Labute approximate surface area is 103 Å². The van der Waals surface area contributed by atoms with Gasteiger partial charge in [-0.25, -0.2) is 0 Å². The van der Waals surface area contributed by atoms with Crippen LogP contribution in [0.25, 0.3) is 0 Å². The predicted octanol–water partition coefficient (Wildman–Crippen LogP) is 4.23. The van der Waals surface area contributed by atoms with Crippen LogP contribution in [0, 0.1) is 5.92 Å². The largest absolute Gasteiger partial charge is 0.0732 e. The third-order valence-corrected chi connectivity index (χ3v) is 3.39. The van der Waals surface area contributed by atoms with Gasteiger partial charge in [0.15, 0.2) is 0 Å². The van der Waals surface area contributed by atoms with Crippen LogP contribution in [0.5, 0.6) is 0 Å². The van der Waals surface area contributed by atoms with Crippen molar-refractivity contribution in [2.24, 2.45) is 5.92 Å². The first-order valence-electron chi connectivity index (χ1n) is 6.23. The van der Waals surface area contributed by atoms with Crippen molar-refractivity contribution in [3.05, 3.63) is 83.5 Å². The van der Waals surface area contributed by atoms with Gasteiger partial charge in [-0.15, -0.1) is 0 Å². The van der Waals surface area contributed by atoms with E-state index in [0.717, 1.165) is 12.8 Å². The topological polar surface area (TPSA) is 0 Å². The van der Waals surface area contributed by atoms with Gasteiger partial charge in [0.25, 0.3) is 0 Å². The summed E-state index contributed by atoms with van der Waals surface area (Å²) in [7, 11) is 0. The summed E-state index contributed by atoms with van der Waals surface area (Å²) in [5, 5.41) is 0. The zero-order valence-electron chi connectivity index (χ0n) is 9.84. The van der Waals surface area contributed by atoms with Crippen LogP contribution >= 0.6 is 0 Å². The van der Waals surface area contributed by atoms with E-state index in [4.69, 9.17) is 0 Å². The fraction of sp³-hybridized carbons (Fsp3) is 0.176. The highest BCUT2D eigenvalue weighted by Crippen LogP contribution is 2.30. The molecule has 84 valence electrons. The van der Waals surface area contributed by atoms with Crippen molar-refractivity contribution in [1.29, 1.82) is 0 Å². The number of hydrogen-bond acceptors (Lipinski definition) is 0. The van der Waals surface area contributed by atoms with E-state index in [1.54, 1.807) is 0 Å². The van der Waals surface area contributed by atoms with Crippen LogP contribution in [0.15, 0.2) is 77.9 Å². The van der Waals surface area contributed by atoms with E-state index in [1.807, 2.05) is 0 Å². The number of fused-ring (bicyclic) bond motifs is 1. The van der Waals surface area contributed by atoms with Crippen LogP contribution in [0.1, 0.15) is 12.0 Å². The number of benzene rings is 1. The molecule has 1 aromatic rings. The third-order valence-electron chi connectivity index (χ3n) is 3.39. The Balaban J connectivity index is 1.66. The van der Waals surface area contributed by atoms with Gasteiger partial charge in [-0.2, -0.15) is 0 Å². The predicted molar refractivity (Wildman–Crippen MR) is 72.7 cm³/mol. The van der Waals surface area contributed by atoms with Crippen molar-refractivity contribution in [3.8, 4) is 0 Å². The minimum absolute atomic E-state index is 0.533. The second-order valence-corrected chi connectivity index (χ2v) is 4.64. The monoisotopic (exact) mass is 220 g/mol. The van der Waals surface area contributed by atoms with Gasteiger partial charge in [0.1, 0.15) is 0 Å². The minimum Gasteiger partial charge on any atom is -0.0732 e. The lowest BCUT2D eigenvalue weighted by Gasteiger charge is -2.06. The second kappa shape index (κ2) is 4.58. The van der Waals surface area contributed by atoms with Crippen LogP contribution in [0.3, 0.4) is 0 Å². The Kier molecular flexibility index (Phi) is 2.79. The molecule has 0 heterocycles. The first kappa shape index (κ1) is 10.3. The van der Waals surface area contributed by atoms with E-state index in [0.29, 0.717) is 5.92 Å². The van der Waals surface area contributed by atoms with E-state index in [2.05, 4.69) is 66.8 Å². The fourth-order valence-corrected chi connectivity index (χ4v) is 2.45. The molecule has 2 aliphatic carbocycles. The lowest BCUT2D eigenvalue weighted by atomic mass is 9.98. The van der Waals surface area contributed by atoms with Gasteiger partial charge < -0.3 is 0 Å². The summed E-state index contributed by atoms with van der Waals surface area (Å²) >= 11 is 0. The Morgan fingerprint density at radius 2 is 1.82 bits per heavy atom. The molecule has 2 aliphatic rings. The summed E-state index contributed by atoms with van der Waals surface area (Å²) in [5.41, 5.74) is 4.34. The lowest BCUT2D eigenvalue weighted by Crippen LogP contribution is -1.92. The second-order valence-electron chi connectivity index (χ2n) is 4.64. The normalized spacial score (nSPS) is 21.1. The summed E-state index contributed by atoms with van der Waals surface area (Å²) in [6.45, 7) is 0. The van der Waals surface area contributed by atoms with E-state index >= 15 is 0 Å². The standard InChI is InChI=1S/C17H16/c1-2-6-14(7-3-1)10-11-15-12-16-8-4-5-9-17(16)13-15/h1-9,12-13,16H,10-11H2. The smallest absolute Gasteiger partial charge is 0.0207 e. The van der Waals surface area contributed by atoms with E-state index < -0.39 is 0 Å². The highest BCUT2D eigenvalue weighted by atomic mass is 14.2. The molecule has 0 saturated carbocycles. The van der Waals surface area contributed by atoms with Crippen molar-refractivity contribution < 1.29 is 0 Å². The quantitative estimate of drug-likeness (QED) is 0.715. The van der Waals surface area contributed by atoms with Gasteiger partial charge in [0, 0.05) is 5.92 Å². The molecule has 1 unspecified atom stereocenters. The first-order chi connectivity index (χ1) is 8.42. The SMILES string of the molecule is C1=CC2=CC(CCc3ccccc3)=CC2C=C1. The summed E-state index contributed by atoms with van der Waals surface area (Å²) in [6.07, 6.45) is 15.8. The molecule has 1 atom stereocenters. The molecule has 0 nitrogen and oxygen atoms in total. The zero-order chi connectivity index (χ0) is 11.5. The Morgan fingerprint density at radius 3 is 2.65 bits per heavy atom. The molecular formula is C17H16. The summed E-state index contributed by atoms with van der Waals surface area (Å²) in [4.78, 5) is 0. The molecule has 0 N–H and O–H groups in total. The van der Waals surface area contributed by atoms with Crippen molar-refractivity contribution in [2.75, 3.05) is 0 Å². The van der Waals surface area contributed by atoms with Crippen LogP contribution in [-0.4, -0.2) is 0 Å². The molecule has 3 rings (SSSR count). The van der Waals surface area contributed by atoms with Crippen molar-refractivity contribution in [1.82, 2.24) is 0 Å². The Morgan fingerprint density at radius 1 is 0.941 bits per heavy atom. The molecule has 0 spiro atoms. The van der Waals surface area contributed by atoms with Crippen LogP contribution in [0.2, 0.25) is 0 Å². The van der Waals surface area contributed by atoms with E-state index in [1.165, 1.54) is 16.7 Å². The fourth-order valence-electron chi connectivity index (χ4n) is 2.45. The summed E-state index contributed by atoms with van der Waals surface area (Å²) in [5.74, 6) is 0.533. The molecule has 0 aliphatic heterocycles. The van der Waals surface area contributed by atoms with Crippen molar-refractivity contribution in [2.45, 2.75) is 12.8 Å². The van der Waals surface area contributed by atoms with Gasteiger partial charge in [0.05, 0.1) is 0 Å². The maximum absolute atomic E-state index is 2.39. The van der Waals surface area contributed by atoms with Crippen LogP contribution in [0.4, 0.5) is 0 Å². The van der Waals surface area contributed by atoms with Gasteiger partial charge in [-0.1, -0.05) is 72.4 Å². The van der Waals surface area contributed by atoms with Crippen molar-refractivity contribution >= 4 is 0 Å². The Hall–Kier alpha value is -1.82. The molecular weight excluding hydrogens is 204 g/mol. The maximum atomic E-state index is 2.39. The summed E-state index contributed by atoms with van der Waals surface area (Å²) in [6, 6.07) is 10.7. The zero-order valence-corrected chi connectivity index (χ0v) is 9.84. The molecule has 0 fully saturated rings. The third kappa shape index (κ3) is 2.31. The van der Waals surface area contributed by atoms with Crippen molar-refractivity contribution in [3.63, 3.8) is 0 Å².